The summed E-state index contributed by atoms with van der Waals surface area (Å²) in [6.45, 7) is 4.30. The zero-order valence-electron chi connectivity index (χ0n) is 9.71. The molecular formula is C13H18Cl2O. The molecule has 16 heavy (non-hydrogen) atoms. The fourth-order valence-corrected chi connectivity index (χ4v) is 2.42. The molecule has 1 nitrogen and oxygen atoms in total. The van der Waals surface area contributed by atoms with E-state index in [0.717, 1.165) is 24.8 Å². The average Bonchev–Trinajstić information content (AvgIpc) is 2.17. The van der Waals surface area contributed by atoms with Gasteiger partial charge < -0.3 is 5.11 Å². The molecule has 2 unspecified atom stereocenters. The monoisotopic (exact) mass is 260 g/mol. The molecule has 0 aliphatic heterocycles. The fourth-order valence-electron chi connectivity index (χ4n) is 1.89. The second-order valence-corrected chi connectivity index (χ2v) is 5.15. The van der Waals surface area contributed by atoms with Crippen molar-refractivity contribution < 1.29 is 5.11 Å². The predicted molar refractivity (Wildman–Crippen MR) is 70.1 cm³/mol. The largest absolute Gasteiger partial charge is 0.388 e. The number of hydrogen-bond acceptors (Lipinski definition) is 1. The van der Waals surface area contributed by atoms with E-state index in [1.54, 1.807) is 18.2 Å². The number of aliphatic hydroxyl groups is 1. The number of hydrogen-bond donors (Lipinski definition) is 1. The molecule has 90 valence electrons. The highest BCUT2D eigenvalue weighted by Crippen LogP contribution is 2.30. The van der Waals surface area contributed by atoms with E-state index in [-0.39, 0.29) is 0 Å². The van der Waals surface area contributed by atoms with E-state index in [9.17, 15) is 5.11 Å². The summed E-state index contributed by atoms with van der Waals surface area (Å²) in [5.41, 5.74) is 0.772. The van der Waals surface area contributed by atoms with Crippen LogP contribution in [0, 0.1) is 5.92 Å². The number of aliphatic hydroxyl groups excluding tert-OH is 1. The van der Waals surface area contributed by atoms with Gasteiger partial charge >= 0.3 is 0 Å². The maximum atomic E-state index is 10.1. The Morgan fingerprint density at radius 2 is 2.00 bits per heavy atom. The fraction of sp³-hybridized carbons (Fsp3) is 0.538. The zero-order valence-corrected chi connectivity index (χ0v) is 11.2. The topological polar surface area (TPSA) is 20.2 Å². The van der Waals surface area contributed by atoms with E-state index in [2.05, 4.69) is 13.8 Å². The van der Waals surface area contributed by atoms with Crippen molar-refractivity contribution in [1.29, 1.82) is 0 Å². The summed E-state index contributed by atoms with van der Waals surface area (Å²) in [5.74, 6) is 0.506. The van der Waals surface area contributed by atoms with Gasteiger partial charge in [0.1, 0.15) is 0 Å². The summed E-state index contributed by atoms with van der Waals surface area (Å²) >= 11 is 11.9. The van der Waals surface area contributed by atoms with Gasteiger partial charge in [-0.05, 0) is 30.0 Å². The molecule has 0 amide bonds. The van der Waals surface area contributed by atoms with Crippen molar-refractivity contribution in [3.63, 3.8) is 0 Å². The highest BCUT2D eigenvalue weighted by Gasteiger charge is 2.14. The van der Waals surface area contributed by atoms with Crippen LogP contribution >= 0.6 is 23.2 Å². The molecule has 0 heterocycles. The summed E-state index contributed by atoms with van der Waals surface area (Å²) in [7, 11) is 0. The first-order valence-corrected chi connectivity index (χ1v) is 6.43. The molecule has 1 rings (SSSR count). The van der Waals surface area contributed by atoms with E-state index in [0.29, 0.717) is 16.0 Å². The molecular weight excluding hydrogens is 243 g/mol. The third-order valence-electron chi connectivity index (χ3n) is 2.73. The molecule has 0 spiro atoms. The SMILES string of the molecule is CCCC(C)CC(O)c1ccc(Cl)cc1Cl. The molecule has 0 aliphatic rings. The number of halogens is 2. The minimum absolute atomic E-state index is 0.494. The summed E-state index contributed by atoms with van der Waals surface area (Å²) in [4.78, 5) is 0. The lowest BCUT2D eigenvalue weighted by atomic mass is 9.95. The van der Waals surface area contributed by atoms with Crippen molar-refractivity contribution in [3.8, 4) is 0 Å². The smallest absolute Gasteiger partial charge is 0.0807 e. The molecule has 1 N–H and O–H groups in total. The van der Waals surface area contributed by atoms with Gasteiger partial charge in [-0.25, -0.2) is 0 Å². The van der Waals surface area contributed by atoms with E-state index in [4.69, 9.17) is 23.2 Å². The second-order valence-electron chi connectivity index (χ2n) is 4.31. The molecule has 0 bridgehead atoms. The van der Waals surface area contributed by atoms with Gasteiger partial charge in [-0.2, -0.15) is 0 Å². The van der Waals surface area contributed by atoms with Crippen molar-refractivity contribution in [1.82, 2.24) is 0 Å². The molecule has 0 saturated heterocycles. The highest BCUT2D eigenvalue weighted by atomic mass is 35.5. The highest BCUT2D eigenvalue weighted by molar-refractivity contribution is 6.35. The van der Waals surface area contributed by atoms with Crippen LogP contribution in [0.25, 0.3) is 0 Å². The third kappa shape index (κ3) is 3.97. The Bertz CT molecular complexity index is 339. The minimum atomic E-state index is -0.494. The van der Waals surface area contributed by atoms with Crippen LogP contribution in [-0.2, 0) is 0 Å². The molecule has 1 aromatic carbocycles. The number of benzene rings is 1. The second kappa shape index (κ2) is 6.48. The van der Waals surface area contributed by atoms with Gasteiger partial charge in [-0.3, -0.25) is 0 Å². The van der Waals surface area contributed by atoms with E-state index in [1.165, 1.54) is 0 Å². The van der Waals surface area contributed by atoms with Crippen LogP contribution in [-0.4, -0.2) is 5.11 Å². The van der Waals surface area contributed by atoms with Crippen LogP contribution in [0.3, 0.4) is 0 Å². The van der Waals surface area contributed by atoms with E-state index < -0.39 is 6.10 Å². The Kier molecular flexibility index (Phi) is 5.60. The molecule has 0 fully saturated rings. The molecule has 1 aromatic rings. The molecule has 2 atom stereocenters. The van der Waals surface area contributed by atoms with Crippen LogP contribution in [0.15, 0.2) is 18.2 Å². The van der Waals surface area contributed by atoms with Crippen molar-refractivity contribution >= 4 is 23.2 Å². The number of rotatable bonds is 5. The van der Waals surface area contributed by atoms with Gasteiger partial charge in [0.25, 0.3) is 0 Å². The first-order valence-electron chi connectivity index (χ1n) is 5.67. The van der Waals surface area contributed by atoms with Crippen LogP contribution in [0.4, 0.5) is 0 Å². The summed E-state index contributed by atoms with van der Waals surface area (Å²) < 4.78 is 0. The summed E-state index contributed by atoms with van der Waals surface area (Å²) in [6, 6.07) is 5.23. The van der Waals surface area contributed by atoms with Gasteiger partial charge in [-0.1, -0.05) is 56.0 Å². The molecule has 3 heteroatoms. The van der Waals surface area contributed by atoms with E-state index in [1.807, 2.05) is 0 Å². The zero-order chi connectivity index (χ0) is 12.1. The lowest BCUT2D eigenvalue weighted by Crippen LogP contribution is -2.05. The van der Waals surface area contributed by atoms with Crippen LogP contribution in [0.1, 0.15) is 44.8 Å². The van der Waals surface area contributed by atoms with Crippen LogP contribution < -0.4 is 0 Å². The Hall–Kier alpha value is -0.240. The molecule has 0 aliphatic carbocycles. The minimum Gasteiger partial charge on any atom is -0.388 e. The lowest BCUT2D eigenvalue weighted by molar-refractivity contribution is 0.145. The van der Waals surface area contributed by atoms with Crippen molar-refractivity contribution in [2.75, 3.05) is 0 Å². The first-order chi connectivity index (χ1) is 7.54. The molecule has 0 radical (unpaired) electrons. The normalized spacial score (nSPS) is 14.8. The Morgan fingerprint density at radius 1 is 1.31 bits per heavy atom. The average molecular weight is 261 g/mol. The third-order valence-corrected chi connectivity index (χ3v) is 3.29. The van der Waals surface area contributed by atoms with Crippen molar-refractivity contribution in [2.24, 2.45) is 5.92 Å². The Labute approximate surface area is 107 Å². The quantitative estimate of drug-likeness (QED) is 0.803. The predicted octanol–water partition coefficient (Wildman–Crippen LogP) is 4.85. The standard InChI is InChI=1S/C13H18Cl2O/c1-3-4-9(2)7-13(16)11-6-5-10(14)8-12(11)15/h5-6,8-9,13,16H,3-4,7H2,1-2H3. The van der Waals surface area contributed by atoms with Gasteiger partial charge in [0.15, 0.2) is 0 Å². The van der Waals surface area contributed by atoms with Crippen LogP contribution in [0.2, 0.25) is 10.0 Å². The first kappa shape index (κ1) is 13.8. The Morgan fingerprint density at radius 3 is 2.56 bits per heavy atom. The Balaban J connectivity index is 2.69. The lowest BCUT2D eigenvalue weighted by Gasteiger charge is -2.17. The summed E-state index contributed by atoms with van der Waals surface area (Å²) in [6.07, 6.45) is 2.52. The van der Waals surface area contributed by atoms with E-state index >= 15 is 0 Å². The van der Waals surface area contributed by atoms with Gasteiger partial charge in [-0.15, -0.1) is 0 Å². The van der Waals surface area contributed by atoms with Crippen molar-refractivity contribution in [3.05, 3.63) is 33.8 Å². The van der Waals surface area contributed by atoms with Crippen LogP contribution in [0.5, 0.6) is 0 Å². The van der Waals surface area contributed by atoms with Gasteiger partial charge in [0, 0.05) is 10.0 Å². The maximum absolute atomic E-state index is 10.1. The molecule has 0 saturated carbocycles. The maximum Gasteiger partial charge on any atom is 0.0807 e. The van der Waals surface area contributed by atoms with Gasteiger partial charge in [0.05, 0.1) is 6.10 Å². The van der Waals surface area contributed by atoms with Crippen molar-refractivity contribution in [2.45, 2.75) is 39.2 Å². The molecule has 0 aromatic heterocycles. The van der Waals surface area contributed by atoms with Gasteiger partial charge in [0.2, 0.25) is 0 Å². The summed E-state index contributed by atoms with van der Waals surface area (Å²) in [5, 5.41) is 11.2.